The first kappa shape index (κ1) is 12.9. The van der Waals surface area contributed by atoms with Gasteiger partial charge in [0.1, 0.15) is 5.75 Å². The molecule has 0 aliphatic carbocycles. The Kier molecular flexibility index (Phi) is 6.94. The highest BCUT2D eigenvalue weighted by molar-refractivity contribution is 9.09. The Labute approximate surface area is 105 Å². The van der Waals surface area contributed by atoms with Crippen LogP contribution in [0.25, 0.3) is 0 Å². The van der Waals surface area contributed by atoms with Gasteiger partial charge in [0, 0.05) is 10.2 Å². The molecule has 0 aliphatic heterocycles. The molecule has 0 fully saturated rings. The van der Waals surface area contributed by atoms with Crippen molar-refractivity contribution in [3.63, 3.8) is 0 Å². The molecular formula is C12H17BrOS. The average molecular weight is 289 g/mol. The van der Waals surface area contributed by atoms with Crippen molar-refractivity contribution in [1.82, 2.24) is 0 Å². The van der Waals surface area contributed by atoms with Crippen LogP contribution < -0.4 is 4.74 Å². The molecule has 0 amide bonds. The van der Waals surface area contributed by atoms with Gasteiger partial charge < -0.3 is 4.74 Å². The van der Waals surface area contributed by atoms with Gasteiger partial charge in [-0.2, -0.15) is 0 Å². The molecule has 0 radical (unpaired) electrons. The van der Waals surface area contributed by atoms with Crippen molar-refractivity contribution in [1.29, 1.82) is 0 Å². The number of thioether (sulfide) groups is 1. The van der Waals surface area contributed by atoms with E-state index in [9.17, 15) is 0 Å². The van der Waals surface area contributed by atoms with E-state index in [0.717, 1.165) is 24.1 Å². The topological polar surface area (TPSA) is 9.23 Å². The second-order valence-corrected chi connectivity index (χ2v) is 5.17. The molecule has 0 spiro atoms. The van der Waals surface area contributed by atoms with Crippen LogP contribution in [-0.2, 0) is 0 Å². The number of alkyl halides is 1. The van der Waals surface area contributed by atoms with Crippen molar-refractivity contribution in [3.8, 4) is 5.75 Å². The smallest absolute Gasteiger partial charge is 0.119 e. The van der Waals surface area contributed by atoms with Gasteiger partial charge in [0.2, 0.25) is 0 Å². The van der Waals surface area contributed by atoms with Gasteiger partial charge in [0.25, 0.3) is 0 Å². The maximum absolute atomic E-state index is 5.57. The Balaban J connectivity index is 2.35. The zero-order chi connectivity index (χ0) is 10.9. The van der Waals surface area contributed by atoms with Gasteiger partial charge in [0.15, 0.2) is 0 Å². The summed E-state index contributed by atoms with van der Waals surface area (Å²) in [5.74, 6) is 2.15. The zero-order valence-electron chi connectivity index (χ0n) is 9.04. The van der Waals surface area contributed by atoms with Crippen molar-refractivity contribution in [2.24, 2.45) is 0 Å². The molecule has 0 saturated heterocycles. The van der Waals surface area contributed by atoms with Crippen LogP contribution in [0.3, 0.4) is 0 Å². The van der Waals surface area contributed by atoms with Crippen LogP contribution in [0.15, 0.2) is 29.2 Å². The third kappa shape index (κ3) is 5.47. The summed E-state index contributed by atoms with van der Waals surface area (Å²) in [4.78, 5) is 1.32. The summed E-state index contributed by atoms with van der Waals surface area (Å²) in [5, 5.41) is 0.997. The van der Waals surface area contributed by atoms with Crippen LogP contribution in [0.2, 0.25) is 0 Å². The predicted molar refractivity (Wildman–Crippen MR) is 71.4 cm³/mol. The number of hydrogen-bond acceptors (Lipinski definition) is 2. The van der Waals surface area contributed by atoms with E-state index in [1.807, 2.05) is 23.9 Å². The van der Waals surface area contributed by atoms with Crippen LogP contribution >= 0.6 is 27.7 Å². The van der Waals surface area contributed by atoms with Gasteiger partial charge in [-0.25, -0.2) is 0 Å². The van der Waals surface area contributed by atoms with Crippen molar-refractivity contribution in [2.75, 3.05) is 17.7 Å². The van der Waals surface area contributed by atoms with Crippen LogP contribution in [-0.4, -0.2) is 17.7 Å². The summed E-state index contributed by atoms with van der Waals surface area (Å²) in [6.45, 7) is 2.98. The highest BCUT2D eigenvalue weighted by Crippen LogP contribution is 2.21. The fourth-order valence-electron chi connectivity index (χ4n) is 1.10. The molecule has 15 heavy (non-hydrogen) atoms. The molecule has 0 aliphatic rings. The van der Waals surface area contributed by atoms with Gasteiger partial charge in [0.05, 0.1) is 6.61 Å². The van der Waals surface area contributed by atoms with E-state index in [1.165, 1.54) is 17.1 Å². The molecule has 0 aromatic heterocycles. The Bertz CT molecular complexity index is 261. The van der Waals surface area contributed by atoms with E-state index in [2.05, 4.69) is 35.0 Å². The summed E-state index contributed by atoms with van der Waals surface area (Å²) in [6, 6.07) is 8.35. The largest absolute Gasteiger partial charge is 0.494 e. The minimum Gasteiger partial charge on any atom is -0.494 e. The van der Waals surface area contributed by atoms with E-state index in [-0.39, 0.29) is 0 Å². The molecule has 1 rings (SSSR count). The SMILES string of the molecule is CCCSc1ccc(OCCCBr)cc1. The average Bonchev–Trinajstić information content (AvgIpc) is 2.28. The standard InChI is InChI=1S/C12H17BrOS/c1-2-10-15-12-6-4-11(5-7-12)14-9-3-8-13/h4-7H,2-3,8-10H2,1H3. The van der Waals surface area contributed by atoms with Crippen molar-refractivity contribution in [3.05, 3.63) is 24.3 Å². The Morgan fingerprint density at radius 3 is 2.60 bits per heavy atom. The van der Waals surface area contributed by atoms with Gasteiger partial charge in [-0.3, -0.25) is 0 Å². The second-order valence-electron chi connectivity index (χ2n) is 3.21. The highest BCUT2D eigenvalue weighted by Gasteiger charge is 1.95. The van der Waals surface area contributed by atoms with E-state index >= 15 is 0 Å². The molecule has 0 atom stereocenters. The Hall–Kier alpha value is -0.150. The van der Waals surface area contributed by atoms with E-state index in [0.29, 0.717) is 0 Å². The lowest BCUT2D eigenvalue weighted by atomic mass is 10.3. The van der Waals surface area contributed by atoms with Gasteiger partial charge >= 0.3 is 0 Å². The van der Waals surface area contributed by atoms with Crippen molar-refractivity contribution < 1.29 is 4.74 Å². The molecule has 84 valence electrons. The van der Waals surface area contributed by atoms with Crippen molar-refractivity contribution >= 4 is 27.7 Å². The summed E-state index contributed by atoms with van der Waals surface area (Å²) in [6.07, 6.45) is 2.26. The predicted octanol–water partition coefficient (Wildman–Crippen LogP) is 4.35. The normalized spacial score (nSPS) is 10.3. The maximum atomic E-state index is 5.57. The summed E-state index contributed by atoms with van der Waals surface area (Å²) < 4.78 is 5.57. The van der Waals surface area contributed by atoms with Gasteiger partial charge in [-0.15, -0.1) is 11.8 Å². The van der Waals surface area contributed by atoms with Crippen LogP contribution in [0.1, 0.15) is 19.8 Å². The maximum Gasteiger partial charge on any atom is 0.119 e. The summed E-state index contributed by atoms with van der Waals surface area (Å²) in [5.41, 5.74) is 0. The molecule has 1 aromatic carbocycles. The molecule has 0 saturated carbocycles. The van der Waals surface area contributed by atoms with Gasteiger partial charge in [-0.1, -0.05) is 22.9 Å². The number of ether oxygens (including phenoxy) is 1. The molecule has 0 unspecified atom stereocenters. The molecule has 1 aromatic rings. The fraction of sp³-hybridized carbons (Fsp3) is 0.500. The number of rotatable bonds is 7. The van der Waals surface area contributed by atoms with Crippen LogP contribution in [0, 0.1) is 0 Å². The first-order chi connectivity index (χ1) is 7.36. The quantitative estimate of drug-likeness (QED) is 0.419. The third-order valence-electron chi connectivity index (χ3n) is 1.84. The first-order valence-electron chi connectivity index (χ1n) is 5.28. The van der Waals surface area contributed by atoms with Crippen molar-refractivity contribution in [2.45, 2.75) is 24.7 Å². The molecule has 0 heterocycles. The van der Waals surface area contributed by atoms with E-state index in [1.54, 1.807) is 0 Å². The zero-order valence-corrected chi connectivity index (χ0v) is 11.4. The van der Waals surface area contributed by atoms with E-state index in [4.69, 9.17) is 4.74 Å². The minimum atomic E-state index is 0.784. The molecular weight excluding hydrogens is 272 g/mol. The minimum absolute atomic E-state index is 0.784. The van der Waals surface area contributed by atoms with E-state index < -0.39 is 0 Å². The molecule has 0 N–H and O–H groups in total. The lowest BCUT2D eigenvalue weighted by Gasteiger charge is -2.05. The fourth-order valence-corrected chi connectivity index (χ4v) is 2.09. The van der Waals surface area contributed by atoms with Crippen LogP contribution in [0.4, 0.5) is 0 Å². The number of hydrogen-bond donors (Lipinski definition) is 0. The summed E-state index contributed by atoms with van der Waals surface area (Å²) >= 11 is 5.27. The molecule has 0 bridgehead atoms. The lowest BCUT2D eigenvalue weighted by Crippen LogP contribution is -1.97. The van der Waals surface area contributed by atoms with Gasteiger partial charge in [-0.05, 0) is 42.9 Å². The number of benzene rings is 1. The molecule has 3 heteroatoms. The molecule has 1 nitrogen and oxygen atoms in total. The number of halogens is 1. The Morgan fingerprint density at radius 1 is 1.27 bits per heavy atom. The monoisotopic (exact) mass is 288 g/mol. The second kappa shape index (κ2) is 8.05. The highest BCUT2D eigenvalue weighted by atomic mass is 79.9. The van der Waals surface area contributed by atoms with Crippen LogP contribution in [0.5, 0.6) is 5.75 Å². The first-order valence-corrected chi connectivity index (χ1v) is 7.39. The lowest BCUT2D eigenvalue weighted by molar-refractivity contribution is 0.319. The Morgan fingerprint density at radius 2 is 2.00 bits per heavy atom. The summed E-state index contributed by atoms with van der Waals surface area (Å²) in [7, 11) is 0. The third-order valence-corrected chi connectivity index (χ3v) is 3.62.